The molecule has 0 spiro atoms. The summed E-state index contributed by atoms with van der Waals surface area (Å²) >= 11 is 0. The lowest BCUT2D eigenvalue weighted by atomic mass is 10.1. The number of aliphatic hydroxyl groups is 1. The molecule has 0 amide bonds. The second-order valence-electron chi connectivity index (χ2n) is 5.03. The molecule has 0 radical (unpaired) electrons. The van der Waals surface area contributed by atoms with Crippen molar-refractivity contribution in [2.24, 2.45) is 0 Å². The van der Waals surface area contributed by atoms with Gasteiger partial charge in [0.05, 0.1) is 13.2 Å². The van der Waals surface area contributed by atoms with Crippen LogP contribution in [0.2, 0.25) is 0 Å². The molecule has 0 saturated carbocycles. The second kappa shape index (κ2) is 7.14. The summed E-state index contributed by atoms with van der Waals surface area (Å²) in [6.07, 6.45) is 0.517. The Morgan fingerprint density at radius 1 is 1.10 bits per heavy atom. The number of hydrogen-bond donors (Lipinski definition) is 1. The monoisotopic (exact) mass is 286 g/mol. The van der Waals surface area contributed by atoms with E-state index in [-0.39, 0.29) is 0 Å². The summed E-state index contributed by atoms with van der Waals surface area (Å²) in [4.78, 5) is 0. The normalized spacial score (nSPS) is 12.0. The number of methoxy groups -OCH3 is 1. The highest BCUT2D eigenvalue weighted by atomic mass is 16.5. The van der Waals surface area contributed by atoms with Crippen molar-refractivity contribution in [3.8, 4) is 11.5 Å². The predicted octanol–water partition coefficient (Wildman–Crippen LogP) is 3.89. The van der Waals surface area contributed by atoms with Crippen molar-refractivity contribution in [1.82, 2.24) is 0 Å². The van der Waals surface area contributed by atoms with E-state index >= 15 is 0 Å². The number of aryl methyl sites for hydroxylation is 1. The molecule has 2 rings (SSSR count). The van der Waals surface area contributed by atoms with Crippen LogP contribution in [0.1, 0.15) is 36.6 Å². The van der Waals surface area contributed by atoms with Gasteiger partial charge in [0.15, 0.2) is 0 Å². The highest BCUT2D eigenvalue weighted by molar-refractivity contribution is 5.38. The van der Waals surface area contributed by atoms with Crippen molar-refractivity contribution >= 4 is 0 Å². The summed E-state index contributed by atoms with van der Waals surface area (Å²) < 4.78 is 11.2. The molecule has 0 aromatic heterocycles. The van der Waals surface area contributed by atoms with Crippen LogP contribution in [0.25, 0.3) is 0 Å². The van der Waals surface area contributed by atoms with Crippen molar-refractivity contribution in [1.29, 1.82) is 0 Å². The van der Waals surface area contributed by atoms with Crippen LogP contribution < -0.4 is 9.47 Å². The fourth-order valence-corrected chi connectivity index (χ4v) is 2.15. The summed E-state index contributed by atoms with van der Waals surface area (Å²) in [5.74, 6) is 1.60. The molecule has 1 N–H and O–H groups in total. The van der Waals surface area contributed by atoms with Gasteiger partial charge in [0.2, 0.25) is 0 Å². The molecule has 1 atom stereocenters. The quantitative estimate of drug-likeness (QED) is 0.875. The lowest BCUT2D eigenvalue weighted by Crippen LogP contribution is -2.01. The molecule has 112 valence electrons. The Labute approximate surface area is 126 Å². The fourth-order valence-electron chi connectivity index (χ4n) is 2.15. The first-order valence-corrected chi connectivity index (χ1v) is 7.20. The van der Waals surface area contributed by atoms with E-state index in [1.54, 1.807) is 14.0 Å². The zero-order valence-corrected chi connectivity index (χ0v) is 12.8. The molecular weight excluding hydrogens is 264 g/mol. The van der Waals surface area contributed by atoms with Gasteiger partial charge in [-0.05, 0) is 48.7 Å². The topological polar surface area (TPSA) is 38.7 Å². The maximum absolute atomic E-state index is 9.67. The number of ether oxygens (including phenoxy) is 2. The third-order valence-electron chi connectivity index (χ3n) is 3.51. The Kier molecular flexibility index (Phi) is 5.23. The predicted molar refractivity (Wildman–Crippen MR) is 83.8 cm³/mol. The molecule has 0 heterocycles. The van der Waals surface area contributed by atoms with Crippen LogP contribution in [0.5, 0.6) is 11.5 Å². The lowest BCUT2D eigenvalue weighted by Gasteiger charge is -2.13. The maximum Gasteiger partial charge on any atom is 0.125 e. The first kappa shape index (κ1) is 15.4. The summed E-state index contributed by atoms with van der Waals surface area (Å²) in [6.45, 7) is 4.29. The Morgan fingerprint density at radius 2 is 1.81 bits per heavy atom. The molecular formula is C18H22O3. The smallest absolute Gasteiger partial charge is 0.125 e. The van der Waals surface area contributed by atoms with Gasteiger partial charge in [-0.15, -0.1) is 0 Å². The average molecular weight is 286 g/mol. The highest BCUT2D eigenvalue weighted by Crippen LogP contribution is 2.25. The van der Waals surface area contributed by atoms with Gasteiger partial charge >= 0.3 is 0 Å². The van der Waals surface area contributed by atoms with E-state index in [2.05, 4.69) is 19.1 Å². The van der Waals surface area contributed by atoms with Gasteiger partial charge in [0, 0.05) is 5.56 Å². The lowest BCUT2D eigenvalue weighted by molar-refractivity contribution is 0.198. The Balaban J connectivity index is 2.12. The van der Waals surface area contributed by atoms with E-state index in [4.69, 9.17) is 9.47 Å². The van der Waals surface area contributed by atoms with Crippen LogP contribution in [-0.4, -0.2) is 12.2 Å². The highest BCUT2D eigenvalue weighted by Gasteiger charge is 2.08. The van der Waals surface area contributed by atoms with E-state index < -0.39 is 6.10 Å². The van der Waals surface area contributed by atoms with Crippen LogP contribution >= 0.6 is 0 Å². The van der Waals surface area contributed by atoms with E-state index in [1.807, 2.05) is 30.3 Å². The molecule has 21 heavy (non-hydrogen) atoms. The Hall–Kier alpha value is -2.00. The molecule has 0 fully saturated rings. The van der Waals surface area contributed by atoms with Gasteiger partial charge < -0.3 is 14.6 Å². The van der Waals surface area contributed by atoms with E-state index in [9.17, 15) is 5.11 Å². The number of benzene rings is 2. The summed E-state index contributed by atoms with van der Waals surface area (Å²) in [6, 6.07) is 13.7. The van der Waals surface area contributed by atoms with Crippen LogP contribution in [0.15, 0.2) is 42.5 Å². The number of aliphatic hydroxyl groups excluding tert-OH is 1. The van der Waals surface area contributed by atoms with Gasteiger partial charge in [-0.3, -0.25) is 0 Å². The maximum atomic E-state index is 9.67. The number of rotatable bonds is 6. The van der Waals surface area contributed by atoms with Gasteiger partial charge in [0.1, 0.15) is 18.1 Å². The molecule has 0 saturated heterocycles. The second-order valence-corrected chi connectivity index (χ2v) is 5.03. The van der Waals surface area contributed by atoms with Crippen molar-refractivity contribution < 1.29 is 14.6 Å². The van der Waals surface area contributed by atoms with Crippen molar-refractivity contribution in [3.05, 3.63) is 59.2 Å². The van der Waals surface area contributed by atoms with Crippen LogP contribution in [-0.2, 0) is 13.0 Å². The molecule has 0 aliphatic rings. The minimum absolute atomic E-state index is 0.412. The van der Waals surface area contributed by atoms with Crippen LogP contribution in [0, 0.1) is 0 Å². The SMILES string of the molecule is CCc1ccc(OCc2cc(C(C)O)ccc2OC)cc1. The molecule has 0 aliphatic heterocycles. The zero-order chi connectivity index (χ0) is 15.2. The third kappa shape index (κ3) is 3.99. The summed E-state index contributed by atoms with van der Waals surface area (Å²) in [5.41, 5.74) is 3.07. The summed E-state index contributed by atoms with van der Waals surface area (Å²) in [7, 11) is 1.64. The van der Waals surface area contributed by atoms with Gasteiger partial charge in [-0.2, -0.15) is 0 Å². The van der Waals surface area contributed by atoms with Crippen molar-refractivity contribution in [2.75, 3.05) is 7.11 Å². The third-order valence-corrected chi connectivity index (χ3v) is 3.51. The van der Waals surface area contributed by atoms with Crippen LogP contribution in [0.4, 0.5) is 0 Å². The fraction of sp³-hybridized carbons (Fsp3) is 0.333. The molecule has 2 aromatic carbocycles. The first-order chi connectivity index (χ1) is 10.1. The molecule has 0 aliphatic carbocycles. The minimum atomic E-state index is -0.501. The molecule has 3 nitrogen and oxygen atoms in total. The molecule has 0 bridgehead atoms. The standard InChI is InChI=1S/C18H22O3/c1-4-14-5-8-17(9-6-14)21-12-16-11-15(13(2)19)7-10-18(16)20-3/h5-11,13,19H,4,12H2,1-3H3. The minimum Gasteiger partial charge on any atom is -0.496 e. The average Bonchev–Trinajstić information content (AvgIpc) is 2.53. The Bertz CT molecular complexity index is 574. The van der Waals surface area contributed by atoms with Crippen molar-refractivity contribution in [2.45, 2.75) is 33.0 Å². The van der Waals surface area contributed by atoms with E-state index in [1.165, 1.54) is 5.56 Å². The largest absolute Gasteiger partial charge is 0.496 e. The van der Waals surface area contributed by atoms with Crippen LogP contribution in [0.3, 0.4) is 0 Å². The van der Waals surface area contributed by atoms with Gasteiger partial charge in [-0.25, -0.2) is 0 Å². The zero-order valence-electron chi connectivity index (χ0n) is 12.8. The number of hydrogen-bond acceptors (Lipinski definition) is 3. The molecule has 3 heteroatoms. The summed E-state index contributed by atoms with van der Waals surface area (Å²) in [5, 5.41) is 9.67. The van der Waals surface area contributed by atoms with Gasteiger partial charge in [0.25, 0.3) is 0 Å². The Morgan fingerprint density at radius 3 is 2.38 bits per heavy atom. The molecule has 1 unspecified atom stereocenters. The van der Waals surface area contributed by atoms with Crippen molar-refractivity contribution in [3.63, 3.8) is 0 Å². The first-order valence-electron chi connectivity index (χ1n) is 7.20. The van der Waals surface area contributed by atoms with E-state index in [0.717, 1.165) is 29.0 Å². The van der Waals surface area contributed by atoms with Gasteiger partial charge in [-0.1, -0.05) is 25.1 Å². The van der Waals surface area contributed by atoms with E-state index in [0.29, 0.717) is 6.61 Å². The molecule has 2 aromatic rings.